The third kappa shape index (κ3) is 4.23. The van der Waals surface area contributed by atoms with Crippen molar-refractivity contribution in [2.45, 2.75) is 11.4 Å². The van der Waals surface area contributed by atoms with Gasteiger partial charge in [0.2, 0.25) is 10.0 Å². The third-order valence-corrected chi connectivity index (χ3v) is 5.36. The molecule has 0 radical (unpaired) electrons. The standard InChI is InChI=1S/C10H17N3O4S2/c1-13(6-7-18(2,14)15)19(16,17)10-4-3-5-12-9(10)8-11/h3-5H,6-8,11H2,1-2H3. The topological polar surface area (TPSA) is 110 Å². The molecule has 0 atom stereocenters. The zero-order chi connectivity index (χ0) is 14.7. The van der Waals surface area contributed by atoms with Crippen LogP contribution in [0.25, 0.3) is 0 Å². The van der Waals surface area contributed by atoms with Crippen LogP contribution in [-0.2, 0) is 26.4 Å². The van der Waals surface area contributed by atoms with Crippen molar-refractivity contribution in [1.29, 1.82) is 0 Å². The number of rotatable bonds is 6. The predicted octanol–water partition coefficient (Wildman–Crippen LogP) is -0.795. The molecule has 0 unspecified atom stereocenters. The molecule has 9 heteroatoms. The summed E-state index contributed by atoms with van der Waals surface area (Å²) in [5.41, 5.74) is 5.71. The average molecular weight is 307 g/mol. The van der Waals surface area contributed by atoms with Crippen LogP contribution < -0.4 is 5.73 Å². The highest BCUT2D eigenvalue weighted by Crippen LogP contribution is 2.16. The molecular formula is C10H17N3O4S2. The monoisotopic (exact) mass is 307 g/mol. The molecule has 0 aliphatic rings. The number of nitrogens with two attached hydrogens (primary N) is 1. The van der Waals surface area contributed by atoms with Gasteiger partial charge >= 0.3 is 0 Å². The SMILES string of the molecule is CN(CCS(C)(=O)=O)S(=O)(=O)c1cccnc1CN. The van der Waals surface area contributed by atoms with Crippen LogP contribution in [0, 0.1) is 0 Å². The highest BCUT2D eigenvalue weighted by molar-refractivity contribution is 7.91. The van der Waals surface area contributed by atoms with E-state index in [2.05, 4.69) is 4.98 Å². The Balaban J connectivity index is 3.03. The maximum Gasteiger partial charge on any atom is 0.244 e. The number of sulfonamides is 1. The summed E-state index contributed by atoms with van der Waals surface area (Å²) >= 11 is 0. The number of sulfone groups is 1. The molecule has 2 N–H and O–H groups in total. The van der Waals surface area contributed by atoms with E-state index in [9.17, 15) is 16.8 Å². The van der Waals surface area contributed by atoms with Crippen LogP contribution in [0.3, 0.4) is 0 Å². The third-order valence-electron chi connectivity index (χ3n) is 2.51. The van der Waals surface area contributed by atoms with Gasteiger partial charge in [-0.15, -0.1) is 0 Å². The first-order chi connectivity index (χ1) is 8.68. The summed E-state index contributed by atoms with van der Waals surface area (Å²) in [7, 11) is -5.67. The van der Waals surface area contributed by atoms with Crippen molar-refractivity contribution in [1.82, 2.24) is 9.29 Å². The Hall–Kier alpha value is -1.03. The van der Waals surface area contributed by atoms with Crippen molar-refractivity contribution in [3.8, 4) is 0 Å². The second kappa shape index (κ2) is 5.95. The molecule has 1 aromatic heterocycles. The molecule has 1 aromatic rings. The molecule has 0 aromatic carbocycles. The van der Waals surface area contributed by atoms with Gasteiger partial charge in [-0.05, 0) is 12.1 Å². The summed E-state index contributed by atoms with van der Waals surface area (Å²) < 4.78 is 47.7. The molecular weight excluding hydrogens is 290 g/mol. The number of pyridine rings is 1. The largest absolute Gasteiger partial charge is 0.325 e. The van der Waals surface area contributed by atoms with Gasteiger partial charge in [-0.3, -0.25) is 4.98 Å². The minimum absolute atomic E-state index is 0.00464. The Labute approximate surface area is 113 Å². The van der Waals surface area contributed by atoms with Crippen molar-refractivity contribution in [3.05, 3.63) is 24.0 Å². The molecule has 0 amide bonds. The molecule has 0 aliphatic carbocycles. The molecule has 0 aliphatic heterocycles. The minimum Gasteiger partial charge on any atom is -0.325 e. The second-order valence-corrected chi connectivity index (χ2v) is 8.38. The summed E-state index contributed by atoms with van der Waals surface area (Å²) in [6, 6.07) is 2.90. The highest BCUT2D eigenvalue weighted by Gasteiger charge is 2.24. The summed E-state index contributed by atoms with van der Waals surface area (Å²) in [6.45, 7) is -0.116. The molecule has 0 spiro atoms. The molecule has 1 rings (SSSR count). The molecule has 1 heterocycles. The fourth-order valence-electron chi connectivity index (χ4n) is 1.39. The van der Waals surface area contributed by atoms with Gasteiger partial charge < -0.3 is 5.73 Å². The van der Waals surface area contributed by atoms with E-state index < -0.39 is 19.9 Å². The Morgan fingerprint density at radius 3 is 2.47 bits per heavy atom. The smallest absolute Gasteiger partial charge is 0.244 e. The molecule has 108 valence electrons. The van der Waals surface area contributed by atoms with Crippen molar-refractivity contribution >= 4 is 19.9 Å². The van der Waals surface area contributed by atoms with E-state index >= 15 is 0 Å². The molecule has 0 saturated heterocycles. The zero-order valence-corrected chi connectivity index (χ0v) is 12.4. The lowest BCUT2D eigenvalue weighted by Crippen LogP contribution is -2.32. The number of hydrogen-bond acceptors (Lipinski definition) is 6. The second-order valence-electron chi connectivity index (χ2n) is 4.11. The predicted molar refractivity (Wildman–Crippen MR) is 71.7 cm³/mol. The molecule has 0 saturated carbocycles. The number of hydrogen-bond donors (Lipinski definition) is 1. The van der Waals surface area contributed by atoms with Crippen LogP contribution in [0.5, 0.6) is 0 Å². The lowest BCUT2D eigenvalue weighted by Gasteiger charge is -2.18. The quantitative estimate of drug-likeness (QED) is 0.737. The van der Waals surface area contributed by atoms with E-state index in [4.69, 9.17) is 5.73 Å². The van der Waals surface area contributed by atoms with E-state index in [-0.39, 0.29) is 29.4 Å². The van der Waals surface area contributed by atoms with E-state index in [0.29, 0.717) is 0 Å². The first-order valence-corrected chi connectivity index (χ1v) is 8.96. The summed E-state index contributed by atoms with van der Waals surface area (Å²) in [6.07, 6.45) is 2.51. The van der Waals surface area contributed by atoms with Crippen LogP contribution in [0.4, 0.5) is 0 Å². The Morgan fingerprint density at radius 2 is 1.95 bits per heavy atom. The van der Waals surface area contributed by atoms with Crippen molar-refractivity contribution in [3.63, 3.8) is 0 Å². The molecule has 0 bridgehead atoms. The summed E-state index contributed by atoms with van der Waals surface area (Å²) in [5, 5.41) is 0. The van der Waals surface area contributed by atoms with Gasteiger partial charge in [0.15, 0.2) is 0 Å². The van der Waals surface area contributed by atoms with Crippen molar-refractivity contribution in [2.24, 2.45) is 5.73 Å². The van der Waals surface area contributed by atoms with Gasteiger partial charge in [-0.25, -0.2) is 16.8 Å². The van der Waals surface area contributed by atoms with E-state index in [1.807, 2.05) is 0 Å². The van der Waals surface area contributed by atoms with Crippen LogP contribution in [0.2, 0.25) is 0 Å². The molecule has 19 heavy (non-hydrogen) atoms. The van der Waals surface area contributed by atoms with Crippen LogP contribution in [0.1, 0.15) is 5.69 Å². The molecule has 0 fully saturated rings. The molecule has 7 nitrogen and oxygen atoms in total. The van der Waals surface area contributed by atoms with Gasteiger partial charge in [0.05, 0.1) is 11.4 Å². The van der Waals surface area contributed by atoms with Crippen LogP contribution in [-0.4, -0.2) is 51.7 Å². The van der Waals surface area contributed by atoms with Gasteiger partial charge in [0.25, 0.3) is 0 Å². The first-order valence-electron chi connectivity index (χ1n) is 5.46. The fraction of sp³-hybridized carbons (Fsp3) is 0.500. The Bertz CT molecular complexity index is 640. The Morgan fingerprint density at radius 1 is 1.32 bits per heavy atom. The highest BCUT2D eigenvalue weighted by atomic mass is 32.2. The normalized spacial score (nSPS) is 12.8. The fourth-order valence-corrected chi connectivity index (χ4v) is 3.47. The summed E-state index contributed by atoms with van der Waals surface area (Å²) in [4.78, 5) is 3.91. The number of aromatic nitrogens is 1. The van der Waals surface area contributed by atoms with Gasteiger partial charge in [-0.1, -0.05) is 0 Å². The maximum absolute atomic E-state index is 12.3. The van der Waals surface area contributed by atoms with E-state index in [1.165, 1.54) is 25.4 Å². The number of nitrogens with zero attached hydrogens (tertiary/aromatic N) is 2. The average Bonchev–Trinajstić information content (AvgIpc) is 2.34. The van der Waals surface area contributed by atoms with Gasteiger partial charge in [0.1, 0.15) is 14.7 Å². The first kappa shape index (κ1) is 16.0. The van der Waals surface area contributed by atoms with Crippen LogP contribution in [0.15, 0.2) is 23.2 Å². The lowest BCUT2D eigenvalue weighted by atomic mass is 10.3. The van der Waals surface area contributed by atoms with Crippen LogP contribution >= 0.6 is 0 Å². The van der Waals surface area contributed by atoms with E-state index in [1.54, 1.807) is 0 Å². The Kier molecular flexibility index (Phi) is 5.02. The van der Waals surface area contributed by atoms with Crippen molar-refractivity contribution < 1.29 is 16.8 Å². The minimum atomic E-state index is -3.78. The lowest BCUT2D eigenvalue weighted by molar-refractivity contribution is 0.483. The maximum atomic E-state index is 12.3. The van der Waals surface area contributed by atoms with Crippen molar-refractivity contribution in [2.75, 3.05) is 25.6 Å². The zero-order valence-electron chi connectivity index (χ0n) is 10.8. The van der Waals surface area contributed by atoms with Gasteiger partial charge in [0, 0.05) is 32.6 Å². The summed E-state index contributed by atoms with van der Waals surface area (Å²) in [5.74, 6) is -0.235. The van der Waals surface area contributed by atoms with Gasteiger partial charge in [-0.2, -0.15) is 4.31 Å². The van der Waals surface area contributed by atoms with E-state index in [0.717, 1.165) is 10.6 Å².